The second-order valence-electron chi connectivity index (χ2n) is 2.51. The number of carbonyl (C=O) groups is 1. The van der Waals surface area contributed by atoms with E-state index in [1.54, 1.807) is 0 Å². The van der Waals surface area contributed by atoms with Gasteiger partial charge < -0.3 is 10.1 Å². The van der Waals surface area contributed by atoms with Crippen LogP contribution in [0.5, 0.6) is 0 Å². The fourth-order valence-corrected chi connectivity index (χ4v) is 1.08. The molecule has 0 aromatic carbocycles. The van der Waals surface area contributed by atoms with Gasteiger partial charge in [-0.3, -0.25) is 9.89 Å². The van der Waals surface area contributed by atoms with Gasteiger partial charge in [0.1, 0.15) is 11.3 Å². The first-order valence-electron chi connectivity index (χ1n) is 3.48. The Morgan fingerprint density at radius 3 is 2.92 bits per heavy atom. The molecule has 2 heterocycles. The van der Waals surface area contributed by atoms with Crippen molar-refractivity contribution in [1.29, 1.82) is 0 Å². The van der Waals surface area contributed by atoms with Gasteiger partial charge >= 0.3 is 5.97 Å². The molecule has 2 rings (SSSR count). The highest BCUT2D eigenvalue weighted by Crippen LogP contribution is 2.06. The maximum Gasteiger partial charge on any atom is 0.352 e. The minimum Gasteiger partial charge on any atom is -0.477 e. The van der Waals surface area contributed by atoms with Crippen molar-refractivity contribution < 1.29 is 9.90 Å². The lowest BCUT2D eigenvalue weighted by molar-refractivity contribution is 0.0691. The number of carboxylic acids is 1. The summed E-state index contributed by atoms with van der Waals surface area (Å²) < 4.78 is 0. The highest BCUT2D eigenvalue weighted by atomic mass is 16.4. The molecule has 6 heteroatoms. The molecule has 0 atom stereocenters. The van der Waals surface area contributed by atoms with Crippen molar-refractivity contribution in [3.05, 3.63) is 28.2 Å². The van der Waals surface area contributed by atoms with Crippen molar-refractivity contribution in [3.63, 3.8) is 0 Å². The second kappa shape index (κ2) is 2.44. The summed E-state index contributed by atoms with van der Waals surface area (Å²) in [6, 6.07) is 1.28. The third-order valence-corrected chi connectivity index (χ3v) is 1.67. The monoisotopic (exact) mass is 179 g/mol. The fraction of sp³-hybridized carbons (Fsp3) is 0. The van der Waals surface area contributed by atoms with E-state index in [-0.39, 0.29) is 11.1 Å². The summed E-state index contributed by atoms with van der Waals surface area (Å²) in [5.74, 6) is -1.11. The van der Waals surface area contributed by atoms with Crippen molar-refractivity contribution in [1.82, 2.24) is 15.2 Å². The zero-order valence-electron chi connectivity index (χ0n) is 6.37. The molecule has 6 nitrogen and oxygen atoms in total. The molecule has 0 unspecified atom stereocenters. The average Bonchev–Trinajstić information content (AvgIpc) is 2.49. The Hall–Kier alpha value is -2.11. The van der Waals surface area contributed by atoms with Gasteiger partial charge in [-0.2, -0.15) is 5.10 Å². The van der Waals surface area contributed by atoms with E-state index in [0.717, 1.165) is 6.20 Å². The van der Waals surface area contributed by atoms with E-state index in [4.69, 9.17) is 5.11 Å². The first-order valence-corrected chi connectivity index (χ1v) is 3.48. The lowest BCUT2D eigenvalue weighted by atomic mass is 10.3. The minimum absolute atomic E-state index is 0.0312. The maximum absolute atomic E-state index is 11.1. The van der Waals surface area contributed by atoms with Crippen LogP contribution in [0, 0.1) is 0 Å². The van der Waals surface area contributed by atoms with Crippen LogP contribution in [-0.4, -0.2) is 26.3 Å². The number of hydrogen-bond acceptors (Lipinski definition) is 3. The number of aromatic amines is 2. The van der Waals surface area contributed by atoms with E-state index < -0.39 is 5.97 Å². The smallest absolute Gasteiger partial charge is 0.352 e. The number of nitrogens with zero attached hydrogens (tertiary/aromatic N) is 1. The van der Waals surface area contributed by atoms with Crippen molar-refractivity contribution >= 4 is 17.0 Å². The van der Waals surface area contributed by atoms with Crippen LogP contribution in [0.25, 0.3) is 11.0 Å². The highest BCUT2D eigenvalue weighted by Gasteiger charge is 2.08. The SMILES string of the molecule is O=C(O)c1cc2c(=O)cn[nH]c2[nH]1. The largest absolute Gasteiger partial charge is 0.477 e. The van der Waals surface area contributed by atoms with Crippen molar-refractivity contribution in [2.24, 2.45) is 0 Å². The van der Waals surface area contributed by atoms with Gasteiger partial charge in [0.15, 0.2) is 0 Å². The molecule has 0 aliphatic heterocycles. The van der Waals surface area contributed by atoms with Crippen LogP contribution in [-0.2, 0) is 0 Å². The van der Waals surface area contributed by atoms with Crippen LogP contribution < -0.4 is 5.43 Å². The Kier molecular flexibility index (Phi) is 1.42. The van der Waals surface area contributed by atoms with Gasteiger partial charge in [-0.15, -0.1) is 0 Å². The van der Waals surface area contributed by atoms with E-state index in [1.807, 2.05) is 0 Å². The Labute approximate surface area is 71.2 Å². The molecule has 0 radical (unpaired) electrons. The third-order valence-electron chi connectivity index (χ3n) is 1.67. The van der Waals surface area contributed by atoms with Crippen LogP contribution in [0.15, 0.2) is 17.1 Å². The number of aromatic nitrogens is 3. The highest BCUT2D eigenvalue weighted by molar-refractivity contribution is 5.92. The lowest BCUT2D eigenvalue weighted by Crippen LogP contribution is -2.00. The number of H-pyrrole nitrogens is 2. The number of nitrogens with one attached hydrogen (secondary N) is 2. The number of aromatic carboxylic acids is 1. The van der Waals surface area contributed by atoms with Crippen LogP contribution in [0.4, 0.5) is 0 Å². The predicted molar refractivity (Wildman–Crippen MR) is 43.7 cm³/mol. The fourth-order valence-electron chi connectivity index (χ4n) is 1.08. The van der Waals surface area contributed by atoms with Crippen LogP contribution in [0.3, 0.4) is 0 Å². The van der Waals surface area contributed by atoms with Gasteiger partial charge in [-0.05, 0) is 6.07 Å². The molecule has 0 fully saturated rings. The lowest BCUT2D eigenvalue weighted by Gasteiger charge is -1.84. The summed E-state index contributed by atoms with van der Waals surface area (Å²) in [4.78, 5) is 24.2. The van der Waals surface area contributed by atoms with Gasteiger partial charge in [0, 0.05) is 0 Å². The van der Waals surface area contributed by atoms with Crippen LogP contribution >= 0.6 is 0 Å². The molecule has 13 heavy (non-hydrogen) atoms. The summed E-state index contributed by atoms with van der Waals surface area (Å²) >= 11 is 0. The van der Waals surface area contributed by atoms with E-state index in [1.165, 1.54) is 6.07 Å². The Morgan fingerprint density at radius 2 is 2.31 bits per heavy atom. The maximum atomic E-state index is 11.1. The summed E-state index contributed by atoms with van der Waals surface area (Å²) in [7, 11) is 0. The molecule has 0 saturated carbocycles. The predicted octanol–water partition coefficient (Wildman–Crippen LogP) is -0.0506. The van der Waals surface area contributed by atoms with Crippen LogP contribution in [0.1, 0.15) is 10.5 Å². The molecule has 0 saturated heterocycles. The summed E-state index contributed by atoms with van der Waals surface area (Å²) in [5, 5.41) is 14.9. The summed E-state index contributed by atoms with van der Waals surface area (Å²) in [6.45, 7) is 0. The Balaban J connectivity index is 2.83. The average molecular weight is 179 g/mol. The zero-order chi connectivity index (χ0) is 9.42. The molecule has 3 N–H and O–H groups in total. The first kappa shape index (κ1) is 7.53. The van der Waals surface area contributed by atoms with Gasteiger partial charge in [-0.25, -0.2) is 4.79 Å². The van der Waals surface area contributed by atoms with Gasteiger partial charge in [0.2, 0.25) is 5.43 Å². The van der Waals surface area contributed by atoms with Gasteiger partial charge in [0.25, 0.3) is 0 Å². The number of rotatable bonds is 1. The number of fused-ring (bicyclic) bond motifs is 1. The quantitative estimate of drug-likeness (QED) is 0.571. The molecule has 0 amide bonds. The standard InChI is InChI=1S/C7H5N3O3/c11-5-2-8-10-6-3(5)1-4(9-6)7(12)13/h1-2H,(H,12,13)(H2,9,10,11). The first-order chi connectivity index (χ1) is 6.18. The number of hydrogen-bond donors (Lipinski definition) is 3. The number of carboxylic acid groups (broad SMARTS) is 1. The van der Waals surface area contributed by atoms with Gasteiger partial charge in [-0.1, -0.05) is 0 Å². The Bertz CT molecular complexity index is 525. The second-order valence-corrected chi connectivity index (χ2v) is 2.51. The van der Waals surface area contributed by atoms with E-state index in [9.17, 15) is 9.59 Å². The normalized spacial score (nSPS) is 10.5. The zero-order valence-corrected chi connectivity index (χ0v) is 6.37. The molecule has 0 aliphatic rings. The van der Waals surface area contributed by atoms with E-state index in [2.05, 4.69) is 15.2 Å². The van der Waals surface area contributed by atoms with Crippen molar-refractivity contribution in [2.75, 3.05) is 0 Å². The third kappa shape index (κ3) is 1.08. The molecule has 0 aliphatic carbocycles. The molecule has 2 aromatic rings. The van der Waals surface area contributed by atoms with Crippen molar-refractivity contribution in [2.45, 2.75) is 0 Å². The van der Waals surface area contributed by atoms with E-state index >= 15 is 0 Å². The minimum atomic E-state index is -1.11. The molecular weight excluding hydrogens is 174 g/mol. The van der Waals surface area contributed by atoms with E-state index in [0.29, 0.717) is 11.0 Å². The topological polar surface area (TPSA) is 98.8 Å². The molecule has 0 bridgehead atoms. The molecular formula is C7H5N3O3. The Morgan fingerprint density at radius 1 is 1.54 bits per heavy atom. The van der Waals surface area contributed by atoms with Crippen LogP contribution in [0.2, 0.25) is 0 Å². The molecule has 2 aromatic heterocycles. The van der Waals surface area contributed by atoms with Gasteiger partial charge in [0.05, 0.1) is 11.6 Å². The summed E-state index contributed by atoms with van der Waals surface area (Å²) in [6.07, 6.45) is 1.10. The van der Waals surface area contributed by atoms with Crippen molar-refractivity contribution in [3.8, 4) is 0 Å². The molecule has 66 valence electrons. The molecule has 0 spiro atoms. The summed E-state index contributed by atoms with van der Waals surface area (Å²) in [5.41, 5.74) is -0.0150.